The second-order valence-corrected chi connectivity index (χ2v) is 5.07. The molecule has 2 aromatic rings. The quantitative estimate of drug-likeness (QED) is 0.834. The molecule has 0 fully saturated rings. The van der Waals surface area contributed by atoms with Gasteiger partial charge in [0.15, 0.2) is 0 Å². The first-order valence-electron chi connectivity index (χ1n) is 7.57. The molecule has 120 valence electrons. The number of hydrogen-bond donors (Lipinski definition) is 0. The number of aromatic nitrogens is 1. The second kappa shape index (κ2) is 8.37. The lowest BCUT2D eigenvalue weighted by Gasteiger charge is -2.12. The minimum Gasteiger partial charge on any atom is -0.489 e. The average Bonchev–Trinajstić information content (AvgIpc) is 2.50. The molecule has 0 atom stereocenters. The van der Waals surface area contributed by atoms with Crippen LogP contribution in [0.25, 0.3) is 0 Å². The second-order valence-electron chi connectivity index (χ2n) is 5.07. The summed E-state index contributed by atoms with van der Waals surface area (Å²) in [6.07, 6.45) is 1.75. The Bertz CT molecular complexity index is 662. The fraction of sp³-hybridized carbons (Fsp3) is 0.389. The molecule has 0 aliphatic heterocycles. The van der Waals surface area contributed by atoms with Crippen LogP contribution in [0.5, 0.6) is 5.75 Å². The van der Waals surface area contributed by atoms with Gasteiger partial charge in [-0.25, -0.2) is 4.39 Å². The van der Waals surface area contributed by atoms with E-state index in [2.05, 4.69) is 0 Å². The van der Waals surface area contributed by atoms with E-state index >= 15 is 0 Å². The van der Waals surface area contributed by atoms with Crippen LogP contribution < -0.4 is 10.3 Å². The van der Waals surface area contributed by atoms with Gasteiger partial charge in [-0.3, -0.25) is 4.79 Å². The monoisotopic (exact) mass is 305 g/mol. The lowest BCUT2D eigenvalue weighted by atomic mass is 10.2. The molecule has 0 spiro atoms. The molecule has 1 aromatic heterocycles. The number of aryl methyl sites for hydroxylation is 1. The number of ether oxygens (including phenoxy) is 1. The summed E-state index contributed by atoms with van der Waals surface area (Å²) in [5.74, 6) is 0.166. The zero-order valence-corrected chi connectivity index (χ0v) is 13.9. The third kappa shape index (κ3) is 4.72. The fourth-order valence-corrected chi connectivity index (χ4v) is 1.94. The lowest BCUT2D eigenvalue weighted by molar-refractivity contribution is 0.302. The summed E-state index contributed by atoms with van der Waals surface area (Å²) in [6, 6.07) is 7.94. The van der Waals surface area contributed by atoms with E-state index in [-0.39, 0.29) is 24.0 Å². The summed E-state index contributed by atoms with van der Waals surface area (Å²) in [5.41, 5.74) is 1.58. The molecule has 4 heteroatoms. The molecule has 0 bridgehead atoms. The number of rotatable bonds is 4. The van der Waals surface area contributed by atoms with Crippen LogP contribution in [0.4, 0.5) is 4.39 Å². The molecule has 22 heavy (non-hydrogen) atoms. The minimum absolute atomic E-state index is 0.0583. The minimum atomic E-state index is -0.333. The number of pyridine rings is 1. The normalized spacial score (nSPS) is 10.1. The maximum atomic E-state index is 13.1. The van der Waals surface area contributed by atoms with Crippen molar-refractivity contribution in [1.29, 1.82) is 0 Å². The third-order valence-electron chi connectivity index (χ3n) is 3.11. The Balaban J connectivity index is 0.00000116. The maximum Gasteiger partial charge on any atom is 0.251 e. The van der Waals surface area contributed by atoms with Crippen LogP contribution in [0.1, 0.15) is 44.9 Å². The third-order valence-corrected chi connectivity index (χ3v) is 3.11. The van der Waals surface area contributed by atoms with Crippen LogP contribution in [0.3, 0.4) is 0 Å². The molecule has 1 aromatic carbocycles. The number of hydrogen-bond acceptors (Lipinski definition) is 2. The van der Waals surface area contributed by atoms with Gasteiger partial charge >= 0.3 is 0 Å². The van der Waals surface area contributed by atoms with Gasteiger partial charge in [0.1, 0.15) is 18.2 Å². The molecule has 0 radical (unpaired) electrons. The zero-order chi connectivity index (χ0) is 16.7. The molecule has 1 heterocycles. The van der Waals surface area contributed by atoms with Gasteiger partial charge in [0, 0.05) is 24.4 Å². The average molecular weight is 305 g/mol. The van der Waals surface area contributed by atoms with Crippen molar-refractivity contribution in [3.05, 3.63) is 63.8 Å². The smallest absolute Gasteiger partial charge is 0.251 e. The van der Waals surface area contributed by atoms with Crippen molar-refractivity contribution in [2.75, 3.05) is 0 Å². The van der Waals surface area contributed by atoms with Crippen molar-refractivity contribution in [2.45, 2.75) is 47.3 Å². The predicted molar refractivity (Wildman–Crippen MR) is 87.9 cm³/mol. The molecule has 0 aliphatic carbocycles. The van der Waals surface area contributed by atoms with E-state index < -0.39 is 0 Å². The molecule has 0 N–H and O–H groups in total. The van der Waals surface area contributed by atoms with Gasteiger partial charge in [-0.1, -0.05) is 19.9 Å². The van der Waals surface area contributed by atoms with E-state index in [4.69, 9.17) is 4.74 Å². The Morgan fingerprint density at radius 2 is 1.86 bits per heavy atom. The van der Waals surface area contributed by atoms with E-state index in [9.17, 15) is 9.18 Å². The molecular weight excluding hydrogens is 281 g/mol. The summed E-state index contributed by atoms with van der Waals surface area (Å²) in [5, 5.41) is 0. The van der Waals surface area contributed by atoms with E-state index in [1.165, 1.54) is 12.1 Å². The van der Waals surface area contributed by atoms with E-state index in [1.807, 2.05) is 40.7 Å². The van der Waals surface area contributed by atoms with E-state index in [0.29, 0.717) is 5.75 Å². The molecular formula is C18H24FNO2. The molecule has 3 nitrogen and oxygen atoms in total. The summed E-state index contributed by atoms with van der Waals surface area (Å²) in [6.45, 7) is 10.0. The van der Waals surface area contributed by atoms with Crippen LogP contribution in [0, 0.1) is 12.7 Å². The highest BCUT2D eigenvalue weighted by Crippen LogP contribution is 2.19. The van der Waals surface area contributed by atoms with Crippen LogP contribution in [-0.2, 0) is 6.61 Å². The Morgan fingerprint density at radius 3 is 2.45 bits per heavy atom. The Morgan fingerprint density at radius 1 is 1.18 bits per heavy atom. The van der Waals surface area contributed by atoms with Crippen molar-refractivity contribution in [1.82, 2.24) is 4.57 Å². The van der Waals surface area contributed by atoms with Crippen molar-refractivity contribution < 1.29 is 9.13 Å². The van der Waals surface area contributed by atoms with Crippen LogP contribution in [0.2, 0.25) is 0 Å². The summed E-state index contributed by atoms with van der Waals surface area (Å²) < 4.78 is 20.4. The molecule has 0 saturated heterocycles. The van der Waals surface area contributed by atoms with Gasteiger partial charge in [0.25, 0.3) is 5.56 Å². The lowest BCUT2D eigenvalue weighted by Crippen LogP contribution is -2.21. The predicted octanol–water partition coefficient (Wildman–Crippen LogP) is 4.48. The van der Waals surface area contributed by atoms with Crippen molar-refractivity contribution >= 4 is 0 Å². The zero-order valence-electron chi connectivity index (χ0n) is 13.9. The highest BCUT2D eigenvalue weighted by Gasteiger charge is 2.05. The van der Waals surface area contributed by atoms with Crippen LogP contribution >= 0.6 is 0 Å². The molecule has 0 amide bonds. The topological polar surface area (TPSA) is 31.2 Å². The van der Waals surface area contributed by atoms with Crippen molar-refractivity contribution in [3.63, 3.8) is 0 Å². The number of benzene rings is 1. The first kappa shape index (κ1) is 18.0. The molecule has 0 unspecified atom stereocenters. The van der Waals surface area contributed by atoms with Gasteiger partial charge in [-0.2, -0.15) is 0 Å². The SMILES string of the molecule is CC.Cc1ccc(F)cc1OCc1ccn(C(C)C)c(=O)c1. The van der Waals surface area contributed by atoms with Crippen molar-refractivity contribution in [2.24, 2.45) is 0 Å². The number of nitrogens with zero attached hydrogens (tertiary/aromatic N) is 1. The highest BCUT2D eigenvalue weighted by atomic mass is 19.1. The Labute approximate surface area is 131 Å². The highest BCUT2D eigenvalue weighted by molar-refractivity contribution is 5.32. The Kier molecular flexibility index (Phi) is 6.83. The Hall–Kier alpha value is -2.10. The van der Waals surface area contributed by atoms with Crippen molar-refractivity contribution in [3.8, 4) is 5.75 Å². The molecule has 0 aliphatic rings. The van der Waals surface area contributed by atoms with Crippen LogP contribution in [0.15, 0.2) is 41.3 Å². The first-order chi connectivity index (χ1) is 10.5. The van der Waals surface area contributed by atoms with Gasteiger partial charge in [-0.15, -0.1) is 0 Å². The fourth-order valence-electron chi connectivity index (χ4n) is 1.94. The largest absolute Gasteiger partial charge is 0.489 e. The van der Waals surface area contributed by atoms with E-state index in [1.54, 1.807) is 22.9 Å². The summed E-state index contributed by atoms with van der Waals surface area (Å²) in [4.78, 5) is 11.9. The molecule has 2 rings (SSSR count). The van der Waals surface area contributed by atoms with Gasteiger partial charge in [0.2, 0.25) is 0 Å². The molecule has 0 saturated carbocycles. The van der Waals surface area contributed by atoms with Gasteiger partial charge in [0.05, 0.1) is 0 Å². The summed E-state index contributed by atoms with van der Waals surface area (Å²) in [7, 11) is 0. The summed E-state index contributed by atoms with van der Waals surface area (Å²) >= 11 is 0. The maximum absolute atomic E-state index is 13.1. The van der Waals surface area contributed by atoms with Crippen LogP contribution in [-0.4, -0.2) is 4.57 Å². The van der Waals surface area contributed by atoms with E-state index in [0.717, 1.165) is 11.1 Å². The standard InChI is InChI=1S/C16H18FNO2.C2H6/c1-11(2)18-7-6-13(8-16(18)19)10-20-15-9-14(17)5-4-12(15)3;1-2/h4-9,11H,10H2,1-3H3;1-2H3. The number of halogens is 1. The first-order valence-corrected chi connectivity index (χ1v) is 7.57. The van der Waals surface area contributed by atoms with Gasteiger partial charge in [-0.05, 0) is 44.0 Å². The van der Waals surface area contributed by atoms with Gasteiger partial charge < -0.3 is 9.30 Å².